The Hall–Kier alpha value is -2.24. The molecule has 0 N–H and O–H groups in total. The molecule has 46 valence electrons. The summed E-state index contributed by atoms with van der Waals surface area (Å²) in [5.41, 5.74) is 2.75. The fourth-order valence-corrected chi connectivity index (χ4v) is 0.394. The van der Waals surface area contributed by atoms with Gasteiger partial charge in [-0.25, -0.2) is 0 Å². The summed E-state index contributed by atoms with van der Waals surface area (Å²) in [5.74, 6) is 20.6. The first kappa shape index (κ1) is 6.87. The highest BCUT2D eigenvalue weighted by Gasteiger charge is 1.58. The SMILES string of the molecule is C1=CC#CC#CC#CC#CC=1. The maximum atomic E-state index is 2.75. The van der Waals surface area contributed by atoms with Crippen LogP contribution in [0.1, 0.15) is 0 Å². The van der Waals surface area contributed by atoms with Crippen molar-refractivity contribution in [2.45, 2.75) is 0 Å². The van der Waals surface area contributed by atoms with Gasteiger partial charge in [-0.2, -0.15) is 0 Å². The summed E-state index contributed by atoms with van der Waals surface area (Å²) in [6.07, 6.45) is 3.13. The van der Waals surface area contributed by atoms with Gasteiger partial charge in [-0.1, -0.05) is 11.8 Å². The first-order valence-electron chi connectivity index (χ1n) is 2.90. The number of hydrogen-bond acceptors (Lipinski definition) is 0. The quantitative estimate of drug-likeness (QED) is 0.338. The van der Waals surface area contributed by atoms with Gasteiger partial charge in [0.2, 0.25) is 0 Å². The fraction of sp³-hybridized carbons (Fsp3) is 0. The van der Waals surface area contributed by atoms with E-state index >= 15 is 0 Å². The smallest absolute Gasteiger partial charge is 0.0319 e. The van der Waals surface area contributed by atoms with Crippen molar-refractivity contribution in [3.63, 3.8) is 0 Å². The second-order valence-electron chi connectivity index (χ2n) is 1.49. The molecule has 0 heterocycles. The van der Waals surface area contributed by atoms with E-state index in [-0.39, 0.29) is 0 Å². The third-order valence-electron chi connectivity index (χ3n) is 0.768. The zero-order chi connectivity index (χ0) is 7.78. The van der Waals surface area contributed by atoms with Crippen LogP contribution in [-0.4, -0.2) is 0 Å². The Bertz CT molecular complexity index is 397. The molecule has 0 aromatic rings. The summed E-state index contributed by atoms with van der Waals surface area (Å²) in [6, 6.07) is 0. The van der Waals surface area contributed by atoms with Gasteiger partial charge in [0, 0.05) is 12.2 Å². The van der Waals surface area contributed by atoms with E-state index in [0.29, 0.717) is 0 Å². The van der Waals surface area contributed by atoms with Gasteiger partial charge in [0.05, 0.1) is 0 Å². The van der Waals surface area contributed by atoms with Crippen molar-refractivity contribution in [2.24, 2.45) is 0 Å². The zero-order valence-electron chi connectivity index (χ0n) is 5.65. The Kier molecular flexibility index (Phi) is 2.89. The maximum absolute atomic E-state index is 2.75. The van der Waals surface area contributed by atoms with Crippen molar-refractivity contribution in [3.8, 4) is 47.4 Å². The Morgan fingerprint density at radius 3 is 1.55 bits per heavy atom. The van der Waals surface area contributed by atoms with E-state index in [4.69, 9.17) is 0 Å². The van der Waals surface area contributed by atoms with E-state index in [1.807, 2.05) is 0 Å². The van der Waals surface area contributed by atoms with Crippen LogP contribution < -0.4 is 0 Å². The summed E-state index contributed by atoms with van der Waals surface area (Å²) in [7, 11) is 0. The van der Waals surface area contributed by atoms with Crippen molar-refractivity contribution >= 4 is 0 Å². The minimum absolute atomic E-state index is 1.56. The normalized spacial score (nSPS) is 9.45. The average molecular weight is 134 g/mol. The Labute approximate surface area is 66.0 Å². The molecule has 0 saturated carbocycles. The number of allylic oxidation sites excluding steroid dienone is 1. The third kappa shape index (κ3) is 3.36. The topological polar surface area (TPSA) is 0 Å². The van der Waals surface area contributed by atoms with Crippen molar-refractivity contribution in [2.75, 3.05) is 0 Å². The van der Waals surface area contributed by atoms with Crippen LogP contribution in [0.5, 0.6) is 0 Å². The molecule has 0 fully saturated rings. The number of rotatable bonds is 0. The van der Waals surface area contributed by atoms with Gasteiger partial charge in [0.15, 0.2) is 0 Å². The lowest BCUT2D eigenvalue weighted by atomic mass is 10.5. The average Bonchev–Trinajstić information content (AvgIpc) is 2.08. The summed E-state index contributed by atoms with van der Waals surface area (Å²) in [6.45, 7) is 0. The van der Waals surface area contributed by atoms with Crippen LogP contribution in [0, 0.1) is 47.4 Å². The molecule has 0 spiro atoms. The van der Waals surface area contributed by atoms with Crippen LogP contribution in [0.25, 0.3) is 0 Å². The van der Waals surface area contributed by atoms with Crippen LogP contribution in [-0.2, 0) is 0 Å². The van der Waals surface area contributed by atoms with Gasteiger partial charge in [0.1, 0.15) is 0 Å². The lowest BCUT2D eigenvalue weighted by molar-refractivity contribution is 2.12. The van der Waals surface area contributed by atoms with Crippen LogP contribution in [0.2, 0.25) is 0 Å². The highest BCUT2D eigenvalue weighted by Crippen LogP contribution is 1.66. The van der Waals surface area contributed by atoms with E-state index in [2.05, 4.69) is 53.1 Å². The molecule has 0 unspecified atom stereocenters. The van der Waals surface area contributed by atoms with E-state index in [0.717, 1.165) is 0 Å². The van der Waals surface area contributed by atoms with Crippen LogP contribution in [0.15, 0.2) is 17.9 Å². The van der Waals surface area contributed by atoms with E-state index in [9.17, 15) is 0 Å². The molecule has 0 radical (unpaired) electrons. The molecule has 0 amide bonds. The van der Waals surface area contributed by atoms with E-state index < -0.39 is 0 Å². The highest BCUT2D eigenvalue weighted by molar-refractivity contribution is 5.42. The molecule has 1 aliphatic rings. The van der Waals surface area contributed by atoms with Gasteiger partial charge in [-0.3, -0.25) is 0 Å². The number of hydrogen-bond donors (Lipinski definition) is 0. The lowest BCUT2D eigenvalue weighted by Gasteiger charge is -1.56. The molecule has 0 nitrogen and oxygen atoms in total. The largest absolute Gasteiger partial charge is 0.103 e. The molecule has 0 atom stereocenters. The molecule has 0 saturated heterocycles. The molecular formula is C11H2. The minimum atomic E-state index is 1.56. The van der Waals surface area contributed by atoms with Gasteiger partial charge in [-0.15, -0.1) is 5.73 Å². The van der Waals surface area contributed by atoms with Gasteiger partial charge in [-0.05, 0) is 35.5 Å². The van der Waals surface area contributed by atoms with Crippen LogP contribution in [0.4, 0.5) is 0 Å². The lowest BCUT2D eigenvalue weighted by Crippen LogP contribution is -1.51. The Morgan fingerprint density at radius 1 is 0.545 bits per heavy atom. The molecule has 0 aromatic carbocycles. The Balaban J connectivity index is 3.03. The van der Waals surface area contributed by atoms with E-state index in [1.54, 1.807) is 12.2 Å². The van der Waals surface area contributed by atoms with Crippen molar-refractivity contribution in [1.29, 1.82) is 0 Å². The Morgan fingerprint density at radius 2 is 1.00 bits per heavy atom. The molecule has 1 rings (SSSR count). The molecule has 1 aliphatic carbocycles. The first-order valence-corrected chi connectivity index (χ1v) is 2.90. The van der Waals surface area contributed by atoms with Crippen LogP contribution in [0.3, 0.4) is 0 Å². The van der Waals surface area contributed by atoms with Gasteiger partial charge in [0.25, 0.3) is 0 Å². The molecule has 11 heavy (non-hydrogen) atoms. The molecule has 0 aromatic heterocycles. The van der Waals surface area contributed by atoms with Crippen molar-refractivity contribution in [1.82, 2.24) is 0 Å². The predicted molar refractivity (Wildman–Crippen MR) is 43.8 cm³/mol. The second-order valence-corrected chi connectivity index (χ2v) is 1.49. The zero-order valence-corrected chi connectivity index (χ0v) is 5.65. The standard InChI is InChI=1S/C11H2/c1-2-4-6-8-10-11-9-7-5-3-1/h1,4H. The monoisotopic (exact) mass is 134 g/mol. The second kappa shape index (κ2) is 4.62. The van der Waals surface area contributed by atoms with E-state index in [1.165, 1.54) is 0 Å². The minimum Gasteiger partial charge on any atom is -0.103 e. The maximum Gasteiger partial charge on any atom is 0.0319 e. The summed E-state index contributed by atoms with van der Waals surface area (Å²) in [5, 5.41) is 0. The third-order valence-corrected chi connectivity index (χ3v) is 0.768. The fourth-order valence-electron chi connectivity index (χ4n) is 0.394. The van der Waals surface area contributed by atoms with Crippen molar-refractivity contribution in [3.05, 3.63) is 17.9 Å². The van der Waals surface area contributed by atoms with Crippen molar-refractivity contribution < 1.29 is 0 Å². The summed E-state index contributed by atoms with van der Waals surface area (Å²) >= 11 is 0. The van der Waals surface area contributed by atoms with Crippen LogP contribution >= 0.6 is 0 Å². The molecule has 0 heteroatoms. The predicted octanol–water partition coefficient (Wildman–Crippen LogP) is 0.725. The summed E-state index contributed by atoms with van der Waals surface area (Å²) < 4.78 is 0. The van der Waals surface area contributed by atoms with Gasteiger partial charge < -0.3 is 0 Å². The molecular weight excluding hydrogens is 132 g/mol. The highest BCUT2D eigenvalue weighted by atomic mass is 13.6. The van der Waals surface area contributed by atoms with Gasteiger partial charge >= 0.3 is 0 Å². The molecule has 0 aliphatic heterocycles. The first-order chi connectivity index (χ1) is 5.50. The summed E-state index contributed by atoms with van der Waals surface area (Å²) in [4.78, 5) is 0. The molecule has 0 bridgehead atoms.